The van der Waals surface area contributed by atoms with Gasteiger partial charge in [0.2, 0.25) is 0 Å². The van der Waals surface area contributed by atoms with Crippen molar-refractivity contribution in [3.63, 3.8) is 0 Å². The third-order valence-electron chi connectivity index (χ3n) is 1.81. The zero-order valence-corrected chi connectivity index (χ0v) is 7.22. The lowest BCUT2D eigenvalue weighted by Gasteiger charge is -2.33. The van der Waals surface area contributed by atoms with Crippen LogP contribution < -0.4 is 4.90 Å². The molecule has 1 saturated heterocycles. The summed E-state index contributed by atoms with van der Waals surface area (Å²) in [5.41, 5.74) is 0.664. The predicted molar refractivity (Wildman–Crippen MR) is 45.1 cm³/mol. The van der Waals surface area contributed by atoms with Crippen molar-refractivity contribution in [2.24, 2.45) is 0 Å². The molecule has 0 amide bonds. The first-order valence-corrected chi connectivity index (χ1v) is 4.62. The van der Waals surface area contributed by atoms with E-state index in [0.29, 0.717) is 18.8 Å². The fourth-order valence-electron chi connectivity index (χ4n) is 1.10. The van der Waals surface area contributed by atoms with Gasteiger partial charge in [-0.15, -0.1) is 11.3 Å². The number of hydrogen-bond acceptors (Lipinski definition) is 4. The molecule has 66 valence electrons. The second-order valence-corrected chi connectivity index (χ2v) is 3.62. The van der Waals surface area contributed by atoms with Crippen LogP contribution in [0, 0.1) is 0 Å². The van der Waals surface area contributed by atoms with E-state index >= 15 is 0 Å². The molecular formula is C7H9FN2OS. The van der Waals surface area contributed by atoms with Crippen LogP contribution in [0.25, 0.3) is 0 Å². The Hall–Kier alpha value is -0.680. The largest absolute Gasteiger partial charge is 0.390 e. The van der Waals surface area contributed by atoms with Crippen LogP contribution in [0.3, 0.4) is 0 Å². The van der Waals surface area contributed by atoms with Gasteiger partial charge in [-0.05, 0) is 0 Å². The van der Waals surface area contributed by atoms with Crippen LogP contribution in [0.5, 0.6) is 0 Å². The Morgan fingerprint density at radius 1 is 1.75 bits per heavy atom. The summed E-state index contributed by atoms with van der Waals surface area (Å²) in [5, 5.41) is 11.3. The highest BCUT2D eigenvalue weighted by molar-refractivity contribution is 7.13. The number of hydrogen-bond donors (Lipinski definition) is 1. The second-order valence-electron chi connectivity index (χ2n) is 2.78. The molecule has 5 heteroatoms. The number of alkyl halides is 1. The maximum atomic E-state index is 12.4. The third-order valence-corrected chi connectivity index (χ3v) is 2.76. The molecule has 1 aromatic rings. The molecule has 0 saturated carbocycles. The summed E-state index contributed by atoms with van der Waals surface area (Å²) in [6, 6.07) is 0. The minimum absolute atomic E-state index is 0.0383. The van der Waals surface area contributed by atoms with Crippen LogP contribution >= 0.6 is 11.3 Å². The first-order valence-electron chi connectivity index (χ1n) is 3.74. The summed E-state index contributed by atoms with van der Waals surface area (Å²) in [6.07, 6.45) is -0.702. The van der Waals surface area contributed by atoms with Crippen molar-refractivity contribution in [3.05, 3.63) is 11.1 Å². The number of aliphatic hydroxyl groups is 1. The normalized spacial score (nSPS) is 18.0. The Kier molecular flexibility index (Phi) is 1.98. The molecule has 12 heavy (non-hydrogen) atoms. The molecule has 0 unspecified atom stereocenters. The minimum atomic E-state index is -0.702. The number of anilines is 1. The topological polar surface area (TPSA) is 36.4 Å². The van der Waals surface area contributed by atoms with E-state index in [4.69, 9.17) is 5.11 Å². The monoisotopic (exact) mass is 188 g/mol. The molecule has 0 atom stereocenters. The zero-order chi connectivity index (χ0) is 8.55. The number of aromatic nitrogens is 1. The van der Waals surface area contributed by atoms with Gasteiger partial charge in [0, 0.05) is 5.38 Å². The quantitative estimate of drug-likeness (QED) is 0.745. The van der Waals surface area contributed by atoms with Crippen molar-refractivity contribution in [2.45, 2.75) is 12.8 Å². The van der Waals surface area contributed by atoms with Gasteiger partial charge in [-0.2, -0.15) is 0 Å². The summed E-state index contributed by atoms with van der Waals surface area (Å²) in [6.45, 7) is 0.847. The maximum Gasteiger partial charge on any atom is 0.185 e. The van der Waals surface area contributed by atoms with E-state index in [2.05, 4.69) is 4.98 Å². The van der Waals surface area contributed by atoms with Crippen molar-refractivity contribution in [2.75, 3.05) is 18.0 Å². The zero-order valence-electron chi connectivity index (χ0n) is 6.40. The van der Waals surface area contributed by atoms with Crippen molar-refractivity contribution >= 4 is 16.5 Å². The van der Waals surface area contributed by atoms with E-state index in [1.807, 2.05) is 4.90 Å². The van der Waals surface area contributed by atoms with Crippen LogP contribution in [0.2, 0.25) is 0 Å². The molecule has 1 aliphatic rings. The van der Waals surface area contributed by atoms with E-state index < -0.39 is 6.17 Å². The molecule has 1 aliphatic heterocycles. The Morgan fingerprint density at radius 3 is 3.00 bits per heavy atom. The Morgan fingerprint density at radius 2 is 2.50 bits per heavy atom. The molecule has 1 aromatic heterocycles. The first kappa shape index (κ1) is 7.94. The predicted octanol–water partition coefficient (Wildman–Crippen LogP) is 0.794. The van der Waals surface area contributed by atoms with Gasteiger partial charge in [0.05, 0.1) is 25.4 Å². The Bertz CT molecular complexity index is 272. The van der Waals surface area contributed by atoms with Crippen molar-refractivity contribution in [1.29, 1.82) is 0 Å². The standard InChI is InChI=1S/C7H9FN2OS/c8-5-1-10(2-5)7-9-6(3-11)4-12-7/h4-5,11H,1-3H2. The maximum absolute atomic E-state index is 12.4. The van der Waals surface area contributed by atoms with Crippen molar-refractivity contribution < 1.29 is 9.50 Å². The third kappa shape index (κ3) is 1.30. The summed E-state index contributed by atoms with van der Waals surface area (Å²) in [7, 11) is 0. The van der Waals surface area contributed by atoms with Crippen LogP contribution in [0.1, 0.15) is 5.69 Å². The lowest BCUT2D eigenvalue weighted by Crippen LogP contribution is -2.48. The lowest BCUT2D eigenvalue weighted by atomic mass is 10.2. The minimum Gasteiger partial charge on any atom is -0.390 e. The van der Waals surface area contributed by atoms with Gasteiger partial charge in [-0.1, -0.05) is 0 Å². The SMILES string of the molecule is OCc1csc(N2CC(F)C2)n1. The molecule has 0 spiro atoms. The summed E-state index contributed by atoms with van der Waals surface area (Å²) in [5.74, 6) is 0. The molecular weight excluding hydrogens is 179 g/mol. The van der Waals surface area contributed by atoms with E-state index in [-0.39, 0.29) is 6.61 Å². The number of halogens is 1. The molecule has 0 radical (unpaired) electrons. The van der Waals surface area contributed by atoms with Gasteiger partial charge < -0.3 is 10.0 Å². The van der Waals surface area contributed by atoms with Crippen LogP contribution in [0.4, 0.5) is 9.52 Å². The fourth-order valence-corrected chi connectivity index (χ4v) is 1.93. The average Bonchev–Trinajstić information content (AvgIpc) is 2.46. The lowest BCUT2D eigenvalue weighted by molar-refractivity contribution is 0.271. The Balaban J connectivity index is 2.04. The summed E-state index contributed by atoms with van der Waals surface area (Å²) >= 11 is 1.45. The molecule has 1 N–H and O–H groups in total. The molecule has 0 bridgehead atoms. The van der Waals surface area contributed by atoms with Crippen LogP contribution in [-0.2, 0) is 6.61 Å². The highest BCUT2D eigenvalue weighted by Gasteiger charge is 2.28. The average molecular weight is 188 g/mol. The molecule has 3 nitrogen and oxygen atoms in total. The molecule has 2 rings (SSSR count). The van der Waals surface area contributed by atoms with Crippen LogP contribution in [-0.4, -0.2) is 29.4 Å². The smallest absolute Gasteiger partial charge is 0.185 e. The molecule has 0 aromatic carbocycles. The number of thiazole rings is 1. The van der Waals surface area contributed by atoms with Crippen molar-refractivity contribution in [3.8, 4) is 0 Å². The van der Waals surface area contributed by atoms with E-state index in [9.17, 15) is 4.39 Å². The van der Waals surface area contributed by atoms with Gasteiger partial charge in [-0.3, -0.25) is 0 Å². The van der Waals surface area contributed by atoms with Gasteiger partial charge in [0.1, 0.15) is 6.17 Å². The second kappa shape index (κ2) is 2.99. The summed E-state index contributed by atoms with van der Waals surface area (Å²) < 4.78 is 12.4. The summed E-state index contributed by atoms with van der Waals surface area (Å²) in [4.78, 5) is 5.98. The van der Waals surface area contributed by atoms with E-state index in [1.54, 1.807) is 5.38 Å². The van der Waals surface area contributed by atoms with Gasteiger partial charge in [-0.25, -0.2) is 9.37 Å². The molecule has 1 fully saturated rings. The van der Waals surface area contributed by atoms with Crippen molar-refractivity contribution in [1.82, 2.24) is 4.98 Å². The highest BCUT2D eigenvalue weighted by atomic mass is 32.1. The first-order chi connectivity index (χ1) is 5.79. The molecule has 2 heterocycles. The van der Waals surface area contributed by atoms with E-state index in [0.717, 1.165) is 5.13 Å². The molecule has 0 aliphatic carbocycles. The number of aliphatic hydroxyl groups excluding tert-OH is 1. The van der Waals surface area contributed by atoms with E-state index in [1.165, 1.54) is 11.3 Å². The fraction of sp³-hybridized carbons (Fsp3) is 0.571. The van der Waals surface area contributed by atoms with Gasteiger partial charge in [0.25, 0.3) is 0 Å². The highest BCUT2D eigenvalue weighted by Crippen LogP contribution is 2.25. The van der Waals surface area contributed by atoms with Gasteiger partial charge >= 0.3 is 0 Å². The van der Waals surface area contributed by atoms with Crippen LogP contribution in [0.15, 0.2) is 5.38 Å². The number of rotatable bonds is 2. The Labute approximate surface area is 73.5 Å². The number of nitrogens with zero attached hydrogens (tertiary/aromatic N) is 2. The van der Waals surface area contributed by atoms with Gasteiger partial charge in [0.15, 0.2) is 5.13 Å².